The second-order valence-electron chi connectivity index (χ2n) is 5.43. The van der Waals surface area contributed by atoms with Gasteiger partial charge in [0, 0.05) is 18.1 Å². The van der Waals surface area contributed by atoms with E-state index in [2.05, 4.69) is 11.4 Å². The fourth-order valence-corrected chi connectivity index (χ4v) is 4.05. The molecule has 0 aliphatic carbocycles. The van der Waals surface area contributed by atoms with Crippen LogP contribution in [0, 0.1) is 18.3 Å². The van der Waals surface area contributed by atoms with E-state index in [4.69, 9.17) is 23.2 Å². The Morgan fingerprint density at radius 3 is 2.46 bits per heavy atom. The maximum absolute atomic E-state index is 12.6. The van der Waals surface area contributed by atoms with Crippen LogP contribution in [0.15, 0.2) is 18.2 Å². The molecule has 0 aliphatic heterocycles. The molecule has 0 bridgehead atoms. The quantitative estimate of drug-likeness (QED) is 0.757. The first-order valence-electron chi connectivity index (χ1n) is 7.93. The summed E-state index contributed by atoms with van der Waals surface area (Å²) in [6.45, 7) is 6.62. The maximum atomic E-state index is 12.6. The van der Waals surface area contributed by atoms with Gasteiger partial charge < -0.3 is 10.2 Å². The molecule has 136 valence electrons. The van der Waals surface area contributed by atoms with Crippen molar-refractivity contribution >= 4 is 51.4 Å². The van der Waals surface area contributed by atoms with Gasteiger partial charge in [0.05, 0.1) is 21.0 Å². The van der Waals surface area contributed by atoms with Crippen molar-refractivity contribution in [3.8, 4) is 6.07 Å². The number of hydrogen-bond acceptors (Lipinski definition) is 4. The molecule has 2 rings (SSSR count). The van der Waals surface area contributed by atoms with Crippen LogP contribution in [0.3, 0.4) is 0 Å². The molecule has 2 aromatic rings. The van der Waals surface area contributed by atoms with Gasteiger partial charge in [-0.15, -0.1) is 11.3 Å². The number of halogens is 2. The highest BCUT2D eigenvalue weighted by Crippen LogP contribution is 2.34. The predicted octanol–water partition coefficient (Wildman–Crippen LogP) is 4.97. The van der Waals surface area contributed by atoms with Crippen LogP contribution in [0.1, 0.15) is 45.0 Å². The molecule has 1 heterocycles. The molecule has 1 aromatic heterocycles. The average Bonchev–Trinajstić information content (AvgIpc) is 2.91. The van der Waals surface area contributed by atoms with Crippen molar-refractivity contribution in [2.24, 2.45) is 0 Å². The number of amides is 2. The van der Waals surface area contributed by atoms with Crippen LogP contribution in [0.4, 0.5) is 5.00 Å². The Morgan fingerprint density at radius 2 is 1.92 bits per heavy atom. The third kappa shape index (κ3) is 4.01. The molecule has 2 amide bonds. The number of hydrogen-bond donors (Lipinski definition) is 1. The van der Waals surface area contributed by atoms with Gasteiger partial charge in [0.15, 0.2) is 0 Å². The Balaban J connectivity index is 2.38. The molecule has 0 saturated heterocycles. The number of benzene rings is 1. The van der Waals surface area contributed by atoms with Gasteiger partial charge in [-0.1, -0.05) is 23.2 Å². The van der Waals surface area contributed by atoms with Crippen molar-refractivity contribution in [1.82, 2.24) is 4.90 Å². The molecular weight excluding hydrogens is 393 g/mol. The van der Waals surface area contributed by atoms with Gasteiger partial charge in [-0.2, -0.15) is 5.26 Å². The lowest BCUT2D eigenvalue weighted by molar-refractivity contribution is 0.0777. The number of nitriles is 1. The number of thiophene rings is 1. The monoisotopic (exact) mass is 409 g/mol. The first-order chi connectivity index (χ1) is 12.3. The van der Waals surface area contributed by atoms with Crippen molar-refractivity contribution in [2.45, 2.75) is 20.8 Å². The van der Waals surface area contributed by atoms with Gasteiger partial charge in [0.2, 0.25) is 0 Å². The van der Waals surface area contributed by atoms with E-state index in [0.29, 0.717) is 33.6 Å². The molecule has 0 saturated carbocycles. The fourth-order valence-electron chi connectivity index (χ4n) is 2.44. The molecule has 0 spiro atoms. The molecule has 0 radical (unpaired) electrons. The minimum Gasteiger partial charge on any atom is -0.338 e. The van der Waals surface area contributed by atoms with Gasteiger partial charge >= 0.3 is 0 Å². The Morgan fingerprint density at radius 1 is 1.27 bits per heavy atom. The van der Waals surface area contributed by atoms with E-state index in [1.807, 2.05) is 13.8 Å². The third-order valence-electron chi connectivity index (χ3n) is 3.91. The summed E-state index contributed by atoms with van der Waals surface area (Å²) in [7, 11) is 0. The largest absolute Gasteiger partial charge is 0.338 e. The molecule has 8 heteroatoms. The summed E-state index contributed by atoms with van der Waals surface area (Å²) in [4.78, 5) is 27.3. The minimum atomic E-state index is -0.466. The second-order valence-corrected chi connectivity index (χ2v) is 7.29. The fraction of sp³-hybridized carbons (Fsp3) is 0.278. The summed E-state index contributed by atoms with van der Waals surface area (Å²) in [6.07, 6.45) is 0. The zero-order valence-corrected chi connectivity index (χ0v) is 16.8. The van der Waals surface area contributed by atoms with Crippen LogP contribution >= 0.6 is 34.5 Å². The summed E-state index contributed by atoms with van der Waals surface area (Å²) in [6, 6.07) is 6.60. The number of rotatable bonds is 5. The lowest BCUT2D eigenvalue weighted by Crippen LogP contribution is -2.30. The molecular formula is C18H17Cl2N3O2S. The summed E-state index contributed by atoms with van der Waals surface area (Å²) in [5.41, 5.74) is 1.08. The van der Waals surface area contributed by atoms with E-state index in [1.165, 1.54) is 12.1 Å². The Kier molecular flexibility index (Phi) is 6.65. The van der Waals surface area contributed by atoms with Crippen LogP contribution in [0.25, 0.3) is 0 Å². The minimum absolute atomic E-state index is 0.154. The average molecular weight is 410 g/mol. The first-order valence-corrected chi connectivity index (χ1v) is 9.50. The molecule has 0 aliphatic rings. The highest BCUT2D eigenvalue weighted by molar-refractivity contribution is 7.18. The van der Waals surface area contributed by atoms with Crippen LogP contribution in [0.2, 0.25) is 10.0 Å². The predicted molar refractivity (Wildman–Crippen MR) is 105 cm³/mol. The highest BCUT2D eigenvalue weighted by atomic mass is 35.5. The maximum Gasteiger partial charge on any atom is 0.264 e. The van der Waals surface area contributed by atoms with Crippen LogP contribution in [0.5, 0.6) is 0 Å². The standard InChI is InChI=1S/C18H17Cl2N3O2S/c1-4-23(5-2)18(25)15-10(3)13(9-21)17(26-15)22-16(24)12-7-6-11(19)8-14(12)20/h6-8H,4-5H2,1-3H3,(H,22,24). The Labute approximate surface area is 166 Å². The van der Waals surface area contributed by atoms with Crippen molar-refractivity contribution in [3.63, 3.8) is 0 Å². The zero-order valence-electron chi connectivity index (χ0n) is 14.5. The number of nitrogens with zero attached hydrogens (tertiary/aromatic N) is 2. The van der Waals surface area contributed by atoms with E-state index in [1.54, 1.807) is 17.9 Å². The molecule has 5 nitrogen and oxygen atoms in total. The van der Waals surface area contributed by atoms with Crippen molar-refractivity contribution in [2.75, 3.05) is 18.4 Å². The van der Waals surface area contributed by atoms with Gasteiger partial charge in [0.1, 0.15) is 11.1 Å². The number of nitrogens with one attached hydrogen (secondary N) is 1. The SMILES string of the molecule is CCN(CC)C(=O)c1sc(NC(=O)c2ccc(Cl)cc2Cl)c(C#N)c1C. The van der Waals surface area contributed by atoms with E-state index >= 15 is 0 Å². The molecule has 1 N–H and O–H groups in total. The van der Waals surface area contributed by atoms with Gasteiger partial charge in [0.25, 0.3) is 11.8 Å². The Hall–Kier alpha value is -2.07. The normalized spacial score (nSPS) is 10.3. The van der Waals surface area contributed by atoms with Crippen LogP contribution < -0.4 is 5.32 Å². The summed E-state index contributed by atoms with van der Waals surface area (Å²) < 4.78 is 0. The third-order valence-corrected chi connectivity index (χ3v) is 5.65. The van der Waals surface area contributed by atoms with E-state index in [-0.39, 0.29) is 22.1 Å². The van der Waals surface area contributed by atoms with Crippen LogP contribution in [-0.4, -0.2) is 29.8 Å². The van der Waals surface area contributed by atoms with Crippen molar-refractivity contribution < 1.29 is 9.59 Å². The number of anilines is 1. The molecule has 0 unspecified atom stereocenters. The first kappa shape index (κ1) is 20.2. The van der Waals surface area contributed by atoms with Gasteiger partial charge in [-0.25, -0.2) is 0 Å². The van der Waals surface area contributed by atoms with Crippen molar-refractivity contribution in [1.29, 1.82) is 5.26 Å². The zero-order chi connectivity index (χ0) is 19.4. The van der Waals surface area contributed by atoms with Crippen molar-refractivity contribution in [3.05, 3.63) is 49.8 Å². The smallest absolute Gasteiger partial charge is 0.264 e. The molecule has 0 atom stereocenters. The van der Waals surface area contributed by atoms with E-state index in [0.717, 1.165) is 11.3 Å². The molecule has 26 heavy (non-hydrogen) atoms. The summed E-state index contributed by atoms with van der Waals surface area (Å²) >= 11 is 13.0. The second kappa shape index (κ2) is 8.54. The lowest BCUT2D eigenvalue weighted by Gasteiger charge is -2.17. The topological polar surface area (TPSA) is 73.2 Å². The van der Waals surface area contributed by atoms with E-state index in [9.17, 15) is 14.9 Å². The van der Waals surface area contributed by atoms with Crippen LogP contribution in [-0.2, 0) is 0 Å². The van der Waals surface area contributed by atoms with Gasteiger partial charge in [-0.3, -0.25) is 9.59 Å². The van der Waals surface area contributed by atoms with E-state index < -0.39 is 5.91 Å². The highest BCUT2D eigenvalue weighted by Gasteiger charge is 2.24. The molecule has 1 aromatic carbocycles. The lowest BCUT2D eigenvalue weighted by atomic mass is 10.1. The molecule has 0 fully saturated rings. The number of carbonyl (C=O) groups is 2. The Bertz CT molecular complexity index is 899. The van der Waals surface area contributed by atoms with Gasteiger partial charge in [-0.05, 0) is 44.5 Å². The summed E-state index contributed by atoms with van der Waals surface area (Å²) in [5, 5.41) is 13.1. The summed E-state index contributed by atoms with van der Waals surface area (Å²) in [5.74, 6) is -0.620. The number of carbonyl (C=O) groups excluding carboxylic acids is 2.